The van der Waals surface area contributed by atoms with Gasteiger partial charge >= 0.3 is 5.76 Å². The van der Waals surface area contributed by atoms with Gasteiger partial charge in [-0.05, 0) is 17.7 Å². The molecule has 0 spiro atoms. The molecule has 1 amide bonds. The molecular formula is C18H19N3O5S. The molecule has 0 aliphatic rings. The van der Waals surface area contributed by atoms with Crippen LogP contribution in [-0.2, 0) is 27.9 Å². The monoisotopic (exact) mass is 389 g/mol. The molecule has 0 aliphatic heterocycles. The lowest BCUT2D eigenvalue weighted by molar-refractivity contribution is -0.121. The number of benzene rings is 2. The highest BCUT2D eigenvalue weighted by Gasteiger charge is 2.23. The molecule has 27 heavy (non-hydrogen) atoms. The van der Waals surface area contributed by atoms with Gasteiger partial charge < -0.3 is 9.73 Å². The van der Waals surface area contributed by atoms with E-state index < -0.39 is 15.8 Å². The molecule has 0 saturated carbocycles. The standard InChI is InChI=1S/C18H19N3O5S/c1-19-17(22)12-21-15-9-8-14(10-16(15)26-18(21)23)27(24,25)20(2)11-13-6-4-3-5-7-13/h3-10H,11-12H2,1-2H3,(H,19,22). The molecule has 0 fully saturated rings. The van der Waals surface area contributed by atoms with Gasteiger partial charge in [0.15, 0.2) is 5.58 Å². The number of likely N-dealkylation sites (N-methyl/N-ethyl adjacent to an activating group) is 1. The van der Waals surface area contributed by atoms with Gasteiger partial charge in [0.2, 0.25) is 15.9 Å². The van der Waals surface area contributed by atoms with Gasteiger partial charge in [-0.25, -0.2) is 13.2 Å². The van der Waals surface area contributed by atoms with Crippen LogP contribution in [0.3, 0.4) is 0 Å². The van der Waals surface area contributed by atoms with E-state index in [2.05, 4.69) is 5.32 Å². The molecule has 0 atom stereocenters. The average Bonchev–Trinajstić information content (AvgIpc) is 2.97. The van der Waals surface area contributed by atoms with Crippen LogP contribution in [0.2, 0.25) is 0 Å². The zero-order valence-electron chi connectivity index (χ0n) is 14.9. The van der Waals surface area contributed by atoms with Crippen molar-refractivity contribution in [2.45, 2.75) is 18.0 Å². The number of carbonyl (C=O) groups excluding carboxylic acids is 1. The van der Waals surface area contributed by atoms with E-state index in [1.165, 1.54) is 36.6 Å². The van der Waals surface area contributed by atoms with Gasteiger partial charge in [0.05, 0.1) is 10.4 Å². The van der Waals surface area contributed by atoms with Crippen LogP contribution in [0.4, 0.5) is 0 Å². The van der Waals surface area contributed by atoms with Crippen molar-refractivity contribution in [3.05, 3.63) is 64.6 Å². The van der Waals surface area contributed by atoms with E-state index in [4.69, 9.17) is 4.42 Å². The smallest absolute Gasteiger partial charge is 0.408 e. The van der Waals surface area contributed by atoms with Crippen molar-refractivity contribution in [2.24, 2.45) is 0 Å². The van der Waals surface area contributed by atoms with Crippen molar-refractivity contribution in [1.82, 2.24) is 14.2 Å². The number of aromatic nitrogens is 1. The lowest BCUT2D eigenvalue weighted by atomic mass is 10.2. The summed E-state index contributed by atoms with van der Waals surface area (Å²) in [5.41, 5.74) is 1.32. The maximum Gasteiger partial charge on any atom is 0.420 e. The summed E-state index contributed by atoms with van der Waals surface area (Å²) in [6.07, 6.45) is 0. The Morgan fingerprint density at radius 3 is 2.56 bits per heavy atom. The number of sulfonamides is 1. The first-order chi connectivity index (χ1) is 12.8. The van der Waals surface area contributed by atoms with Gasteiger partial charge in [-0.15, -0.1) is 0 Å². The lowest BCUT2D eigenvalue weighted by Crippen LogP contribution is -2.28. The first-order valence-electron chi connectivity index (χ1n) is 8.17. The molecule has 1 aromatic heterocycles. The third kappa shape index (κ3) is 3.79. The minimum atomic E-state index is -3.78. The fourth-order valence-electron chi connectivity index (χ4n) is 2.68. The summed E-state index contributed by atoms with van der Waals surface area (Å²) >= 11 is 0. The number of rotatable bonds is 6. The zero-order valence-corrected chi connectivity index (χ0v) is 15.7. The van der Waals surface area contributed by atoms with Crippen LogP contribution in [0, 0.1) is 0 Å². The Hall–Kier alpha value is -2.91. The third-order valence-electron chi connectivity index (χ3n) is 4.18. The molecule has 8 nitrogen and oxygen atoms in total. The van der Waals surface area contributed by atoms with Crippen molar-refractivity contribution in [1.29, 1.82) is 0 Å². The molecule has 142 valence electrons. The second-order valence-corrected chi connectivity index (χ2v) is 8.05. The van der Waals surface area contributed by atoms with Crippen LogP contribution in [0.5, 0.6) is 0 Å². The quantitative estimate of drug-likeness (QED) is 0.682. The summed E-state index contributed by atoms with van der Waals surface area (Å²) in [6, 6.07) is 13.4. The Kier molecular flexibility index (Phi) is 5.15. The molecular weight excluding hydrogens is 370 g/mol. The molecule has 9 heteroatoms. The molecule has 1 N–H and O–H groups in total. The molecule has 0 bridgehead atoms. The summed E-state index contributed by atoms with van der Waals surface area (Å²) in [7, 11) is -0.830. The SMILES string of the molecule is CNC(=O)Cn1c(=O)oc2cc(S(=O)(=O)N(C)Cc3ccccc3)ccc21. The van der Waals surface area contributed by atoms with Crippen LogP contribution in [0.25, 0.3) is 11.1 Å². The number of carbonyl (C=O) groups is 1. The summed E-state index contributed by atoms with van der Waals surface area (Å²) < 4.78 is 33.2. The number of amides is 1. The minimum absolute atomic E-state index is 0.00859. The fraction of sp³-hybridized carbons (Fsp3) is 0.222. The topological polar surface area (TPSA) is 102 Å². The largest absolute Gasteiger partial charge is 0.420 e. The highest BCUT2D eigenvalue weighted by atomic mass is 32.2. The number of oxazole rings is 1. The van der Waals surface area contributed by atoms with E-state index in [0.717, 1.165) is 10.1 Å². The number of nitrogens with zero attached hydrogens (tertiary/aromatic N) is 2. The van der Waals surface area contributed by atoms with E-state index in [1.807, 2.05) is 30.3 Å². The van der Waals surface area contributed by atoms with E-state index in [-0.39, 0.29) is 29.5 Å². The second kappa shape index (κ2) is 7.37. The molecule has 0 radical (unpaired) electrons. The second-order valence-electron chi connectivity index (χ2n) is 6.00. The van der Waals surface area contributed by atoms with Crippen LogP contribution in [0.1, 0.15) is 5.56 Å². The molecule has 3 rings (SSSR count). The summed E-state index contributed by atoms with van der Waals surface area (Å²) in [5.74, 6) is -1.08. The highest BCUT2D eigenvalue weighted by molar-refractivity contribution is 7.89. The third-order valence-corrected chi connectivity index (χ3v) is 5.98. The van der Waals surface area contributed by atoms with Gasteiger partial charge in [-0.2, -0.15) is 4.31 Å². The highest BCUT2D eigenvalue weighted by Crippen LogP contribution is 2.22. The van der Waals surface area contributed by atoms with Gasteiger partial charge in [-0.3, -0.25) is 9.36 Å². The molecule has 0 unspecified atom stereocenters. The summed E-state index contributed by atoms with van der Waals surface area (Å²) in [6.45, 7) is 0.00514. The Morgan fingerprint density at radius 1 is 1.19 bits per heavy atom. The van der Waals surface area contributed by atoms with Gasteiger partial charge in [0.1, 0.15) is 6.54 Å². The summed E-state index contributed by atoms with van der Waals surface area (Å²) in [5, 5.41) is 2.43. The van der Waals surface area contributed by atoms with Gasteiger partial charge in [-0.1, -0.05) is 30.3 Å². The van der Waals surface area contributed by atoms with Crippen LogP contribution >= 0.6 is 0 Å². The van der Waals surface area contributed by atoms with E-state index in [9.17, 15) is 18.0 Å². The lowest BCUT2D eigenvalue weighted by Gasteiger charge is -2.17. The average molecular weight is 389 g/mol. The Bertz CT molecular complexity index is 1130. The maximum atomic E-state index is 12.8. The van der Waals surface area contributed by atoms with Crippen molar-refractivity contribution in [2.75, 3.05) is 14.1 Å². The van der Waals surface area contributed by atoms with Crippen LogP contribution in [-0.4, -0.2) is 37.3 Å². The van der Waals surface area contributed by atoms with Crippen LogP contribution in [0.15, 0.2) is 62.6 Å². The van der Waals surface area contributed by atoms with Crippen LogP contribution < -0.4 is 11.1 Å². The molecule has 0 saturated heterocycles. The van der Waals surface area contributed by atoms with E-state index in [0.29, 0.717) is 5.52 Å². The van der Waals surface area contributed by atoms with Crippen molar-refractivity contribution in [3.63, 3.8) is 0 Å². The number of nitrogens with one attached hydrogen (secondary N) is 1. The zero-order chi connectivity index (χ0) is 19.6. The first kappa shape index (κ1) is 18.9. The fourth-order valence-corrected chi connectivity index (χ4v) is 3.86. The van der Waals surface area contributed by atoms with E-state index in [1.54, 1.807) is 0 Å². The molecule has 3 aromatic rings. The van der Waals surface area contributed by atoms with Crippen molar-refractivity contribution in [3.8, 4) is 0 Å². The van der Waals surface area contributed by atoms with Gasteiger partial charge in [0.25, 0.3) is 0 Å². The first-order valence-corrected chi connectivity index (χ1v) is 9.61. The minimum Gasteiger partial charge on any atom is -0.408 e. The number of fused-ring (bicyclic) bond motifs is 1. The molecule has 0 aliphatic carbocycles. The maximum absolute atomic E-state index is 12.8. The summed E-state index contributed by atoms with van der Waals surface area (Å²) in [4.78, 5) is 23.5. The Balaban J connectivity index is 1.94. The number of hydrogen-bond donors (Lipinski definition) is 1. The molecule has 2 aromatic carbocycles. The predicted octanol–water partition coefficient (Wildman–Crippen LogP) is 1.16. The molecule has 1 heterocycles. The van der Waals surface area contributed by atoms with Crippen molar-refractivity contribution >= 4 is 27.0 Å². The Labute approximate surface area is 156 Å². The normalized spacial score (nSPS) is 11.8. The van der Waals surface area contributed by atoms with E-state index >= 15 is 0 Å². The van der Waals surface area contributed by atoms with Gasteiger partial charge in [0, 0.05) is 26.7 Å². The van der Waals surface area contributed by atoms with Crippen molar-refractivity contribution < 1.29 is 17.6 Å². The number of hydrogen-bond acceptors (Lipinski definition) is 5. The predicted molar refractivity (Wildman–Crippen MR) is 99.6 cm³/mol. The Morgan fingerprint density at radius 2 is 1.89 bits per heavy atom.